The molecule has 0 unspecified atom stereocenters. The van der Waals surface area contributed by atoms with Gasteiger partial charge < -0.3 is 25.6 Å². The van der Waals surface area contributed by atoms with Gasteiger partial charge in [-0.2, -0.15) is 0 Å². The zero-order valence-corrected chi connectivity index (χ0v) is 22.5. The predicted octanol–water partition coefficient (Wildman–Crippen LogP) is -0.280. The van der Waals surface area contributed by atoms with Gasteiger partial charge in [0.2, 0.25) is 11.8 Å². The quantitative estimate of drug-likeness (QED) is 0.148. The number of hydrogen-bond donors (Lipinski definition) is 6. The molecule has 15 heteroatoms. The third-order valence-electron chi connectivity index (χ3n) is 6.11. The molecule has 13 nitrogen and oxygen atoms in total. The zero-order valence-electron chi connectivity index (χ0n) is 20.9. The Labute approximate surface area is 227 Å². The van der Waals surface area contributed by atoms with Crippen LogP contribution in [0.3, 0.4) is 0 Å². The Balaban J connectivity index is 1.37. The lowest BCUT2D eigenvalue weighted by molar-refractivity contribution is -0.122. The molecule has 0 spiro atoms. The summed E-state index contributed by atoms with van der Waals surface area (Å²) in [4.78, 5) is 53.6. The largest absolute Gasteiger partial charge is 0.394 e. The van der Waals surface area contributed by atoms with E-state index in [1.807, 2.05) is 0 Å². The Bertz CT molecular complexity index is 1380. The maximum atomic E-state index is 12.3. The minimum absolute atomic E-state index is 0.117. The van der Waals surface area contributed by atoms with Crippen LogP contribution in [0.5, 0.6) is 0 Å². The summed E-state index contributed by atoms with van der Waals surface area (Å²) in [6, 6.07) is 0. The number of rotatable bonds is 12. The molecule has 1 fully saturated rings. The van der Waals surface area contributed by atoms with Gasteiger partial charge in [0.25, 0.3) is 0 Å². The summed E-state index contributed by atoms with van der Waals surface area (Å²) < 4.78 is 8.64. The van der Waals surface area contributed by atoms with Crippen molar-refractivity contribution >= 4 is 36.3 Å². The number of carbonyl (C=O) groups is 2. The highest BCUT2D eigenvalue weighted by Crippen LogP contribution is 2.27. The number of unbranched alkanes of at least 4 members (excludes halogenated alkanes) is 1. The van der Waals surface area contributed by atoms with E-state index in [2.05, 4.69) is 20.6 Å². The molecule has 1 aliphatic heterocycles. The molecule has 2 aromatic heterocycles. The first-order valence-corrected chi connectivity index (χ1v) is 13.0. The number of nitrogens with one attached hydrogen (secondary N) is 4. The molecule has 0 aromatic carbocycles. The molecule has 3 heterocycles. The van der Waals surface area contributed by atoms with E-state index in [1.54, 1.807) is 6.92 Å². The smallest absolute Gasteiger partial charge is 0.328 e. The van der Waals surface area contributed by atoms with E-state index in [1.165, 1.54) is 21.5 Å². The van der Waals surface area contributed by atoms with Gasteiger partial charge in [-0.15, -0.1) is 0 Å². The van der Waals surface area contributed by atoms with E-state index in [0.717, 1.165) is 0 Å². The lowest BCUT2D eigenvalue weighted by Crippen LogP contribution is -2.34. The number of aliphatic hydroxyl groups excluding tert-OH is 2. The van der Waals surface area contributed by atoms with Crippen molar-refractivity contribution in [3.63, 3.8) is 0 Å². The Morgan fingerprint density at radius 2 is 1.74 bits per heavy atom. The summed E-state index contributed by atoms with van der Waals surface area (Å²) in [6.07, 6.45) is 2.52. The molecule has 3 atom stereocenters. The highest BCUT2D eigenvalue weighted by atomic mass is 32.1. The van der Waals surface area contributed by atoms with Crippen LogP contribution in [0, 0.1) is 16.2 Å². The molecule has 2 aromatic rings. The second kappa shape index (κ2) is 13.7. The van der Waals surface area contributed by atoms with E-state index in [0.29, 0.717) is 48.1 Å². The van der Waals surface area contributed by atoms with Gasteiger partial charge in [0.1, 0.15) is 28.2 Å². The van der Waals surface area contributed by atoms with Gasteiger partial charge in [0.05, 0.1) is 12.7 Å². The van der Waals surface area contributed by atoms with Gasteiger partial charge in [0.15, 0.2) is 0 Å². The molecule has 3 rings (SSSR count). The fourth-order valence-corrected chi connectivity index (χ4v) is 4.34. The number of amides is 2. The fourth-order valence-electron chi connectivity index (χ4n) is 3.96. The van der Waals surface area contributed by atoms with Crippen molar-refractivity contribution in [1.29, 1.82) is 0 Å². The highest BCUT2D eigenvalue weighted by Gasteiger charge is 2.35. The number of H-pyrrole nitrogens is 2. The van der Waals surface area contributed by atoms with E-state index >= 15 is 0 Å². The average molecular weight is 569 g/mol. The van der Waals surface area contributed by atoms with Crippen molar-refractivity contribution in [2.45, 2.75) is 64.0 Å². The lowest BCUT2D eigenvalue weighted by Gasteiger charge is -2.15. The van der Waals surface area contributed by atoms with Gasteiger partial charge in [-0.3, -0.25) is 28.7 Å². The van der Waals surface area contributed by atoms with E-state index < -0.39 is 29.8 Å². The van der Waals surface area contributed by atoms with E-state index in [-0.39, 0.29) is 42.4 Å². The van der Waals surface area contributed by atoms with Gasteiger partial charge in [-0.1, -0.05) is 24.4 Å². The third-order valence-corrected chi connectivity index (χ3v) is 6.90. The number of nitrogens with zero attached hydrogens (tertiary/aromatic N) is 2. The molecule has 2 amide bonds. The molecule has 6 N–H and O–H groups in total. The summed E-state index contributed by atoms with van der Waals surface area (Å²) in [5.41, 5.74) is 0.336. The first kappa shape index (κ1) is 29.6. The Morgan fingerprint density at radius 3 is 2.39 bits per heavy atom. The van der Waals surface area contributed by atoms with Crippen LogP contribution < -0.4 is 22.0 Å². The second-order valence-electron chi connectivity index (χ2n) is 9.04. The number of hydrogen-bond acceptors (Lipinski definition) is 9. The number of ether oxygens (including phenoxy) is 1. The second-order valence-corrected chi connectivity index (χ2v) is 9.86. The van der Waals surface area contributed by atoms with Crippen LogP contribution >= 0.6 is 24.4 Å². The molecule has 208 valence electrons. The Morgan fingerprint density at radius 1 is 1.08 bits per heavy atom. The lowest BCUT2D eigenvalue weighted by atomic mass is 10.1. The minimum atomic E-state index is -0.889. The standard InChI is InChI=1S/C23H32N6O7S2/c1-13-9-28(22(34)26-20(13)37)11-18(33)25-7-3-2-6-24-17(32)5-4-14-10-29(23(35)27-21(14)38)19-8-15(31)16(12-30)36-19/h9-10,15-16,19,30-31H,2-8,11-12H2,1H3,(H,24,32)(H,25,33)(H,26,34,37)(H,27,35,38)/t15-,16+,19+/m0/s1. The number of aromatic amines is 2. The molecule has 0 aliphatic carbocycles. The SMILES string of the molecule is Cc1cn(CC(=O)NCCCCNC(=O)CCc2cn([C@H]3C[C@H](O)[C@@H](CO)O3)c(=O)[nH]c2=S)c(=O)[nH]c1=S. The van der Waals surface area contributed by atoms with Crippen LogP contribution in [-0.4, -0.2) is 73.0 Å². The molecule has 38 heavy (non-hydrogen) atoms. The van der Waals surface area contributed by atoms with Crippen molar-refractivity contribution in [2.75, 3.05) is 19.7 Å². The van der Waals surface area contributed by atoms with Gasteiger partial charge in [0, 0.05) is 49.5 Å². The number of aryl methyl sites for hydroxylation is 2. The molecule has 1 saturated heterocycles. The summed E-state index contributed by atoms with van der Waals surface area (Å²) in [5, 5.41) is 24.8. The van der Waals surface area contributed by atoms with Crippen LogP contribution in [-0.2, 0) is 27.3 Å². The molecule has 0 radical (unpaired) electrons. The topological polar surface area (TPSA) is 183 Å². The summed E-state index contributed by atoms with van der Waals surface area (Å²) in [7, 11) is 0. The first-order chi connectivity index (χ1) is 18.1. The monoisotopic (exact) mass is 568 g/mol. The summed E-state index contributed by atoms with van der Waals surface area (Å²) >= 11 is 10.2. The summed E-state index contributed by atoms with van der Waals surface area (Å²) in [6.45, 7) is 2.09. The number of carbonyl (C=O) groups excluding carboxylic acids is 2. The van der Waals surface area contributed by atoms with E-state index in [9.17, 15) is 29.4 Å². The van der Waals surface area contributed by atoms with Gasteiger partial charge >= 0.3 is 11.4 Å². The zero-order chi connectivity index (χ0) is 27.8. The maximum Gasteiger partial charge on any atom is 0.328 e. The Kier molecular flexibility index (Phi) is 10.7. The number of aromatic nitrogens is 4. The average Bonchev–Trinajstić information content (AvgIpc) is 3.24. The van der Waals surface area contributed by atoms with Crippen LogP contribution in [0.15, 0.2) is 22.0 Å². The highest BCUT2D eigenvalue weighted by molar-refractivity contribution is 7.71. The first-order valence-electron chi connectivity index (χ1n) is 12.2. The normalized spacial score (nSPS) is 18.9. The van der Waals surface area contributed by atoms with Gasteiger partial charge in [-0.05, 0) is 26.2 Å². The molecule has 0 bridgehead atoms. The van der Waals surface area contributed by atoms with E-state index in [4.69, 9.17) is 29.2 Å². The van der Waals surface area contributed by atoms with Gasteiger partial charge in [-0.25, -0.2) is 9.59 Å². The molecular weight excluding hydrogens is 536 g/mol. The molecular formula is C23H32N6O7S2. The van der Waals surface area contributed by atoms with Crippen molar-refractivity contribution in [2.24, 2.45) is 0 Å². The van der Waals surface area contributed by atoms with Crippen LogP contribution in [0.25, 0.3) is 0 Å². The molecule has 1 aliphatic rings. The van der Waals surface area contributed by atoms with Crippen molar-refractivity contribution in [1.82, 2.24) is 29.7 Å². The summed E-state index contributed by atoms with van der Waals surface area (Å²) in [5.74, 6) is -0.492. The van der Waals surface area contributed by atoms with Crippen molar-refractivity contribution < 1.29 is 24.5 Å². The predicted molar refractivity (Wildman–Crippen MR) is 142 cm³/mol. The maximum absolute atomic E-state index is 12.3. The minimum Gasteiger partial charge on any atom is -0.394 e. The number of aliphatic hydroxyl groups is 2. The van der Waals surface area contributed by atoms with Crippen molar-refractivity contribution in [3.05, 3.63) is 53.8 Å². The Hall–Kier alpha value is -2.98. The van der Waals surface area contributed by atoms with Crippen LogP contribution in [0.4, 0.5) is 0 Å². The van der Waals surface area contributed by atoms with Crippen LogP contribution in [0.1, 0.15) is 43.0 Å². The molecule has 0 saturated carbocycles. The van der Waals surface area contributed by atoms with Crippen LogP contribution in [0.2, 0.25) is 0 Å². The van der Waals surface area contributed by atoms with Crippen molar-refractivity contribution in [3.8, 4) is 0 Å². The fraction of sp³-hybridized carbons (Fsp3) is 0.565. The third kappa shape index (κ3) is 8.01.